The molecule has 0 amide bonds. The number of rotatable bonds is 5. The van der Waals surface area contributed by atoms with E-state index in [1.807, 2.05) is 31.3 Å². The van der Waals surface area contributed by atoms with Crippen LogP contribution in [0.2, 0.25) is 0 Å². The number of methoxy groups -OCH3 is 1. The highest BCUT2D eigenvalue weighted by atomic mass is 16.5. The minimum Gasteiger partial charge on any atom is -0.497 e. The summed E-state index contributed by atoms with van der Waals surface area (Å²) in [7, 11) is 3.47. The molecule has 0 saturated carbocycles. The minimum atomic E-state index is -0.326. The lowest BCUT2D eigenvalue weighted by Crippen LogP contribution is -2.25. The number of aliphatic hydroxyl groups excluding tert-OH is 1. The lowest BCUT2D eigenvalue weighted by molar-refractivity contribution is 0.175. The first-order chi connectivity index (χ1) is 6.76. The molecule has 1 aromatic rings. The van der Waals surface area contributed by atoms with E-state index in [1.165, 1.54) is 0 Å². The lowest BCUT2D eigenvalue weighted by atomic mass is 10.1. The summed E-state index contributed by atoms with van der Waals surface area (Å²) in [5.41, 5.74) is 1.12. The van der Waals surface area contributed by atoms with Crippen LogP contribution < -0.4 is 10.1 Å². The second kappa shape index (κ2) is 5.62. The molecular weight excluding hydrogens is 178 g/mol. The molecule has 0 heterocycles. The molecule has 78 valence electrons. The normalized spacial score (nSPS) is 12.5. The van der Waals surface area contributed by atoms with Crippen molar-refractivity contribution in [1.29, 1.82) is 0 Å². The van der Waals surface area contributed by atoms with Crippen molar-refractivity contribution in [3.63, 3.8) is 0 Å². The molecule has 1 unspecified atom stereocenters. The molecule has 14 heavy (non-hydrogen) atoms. The van der Waals surface area contributed by atoms with Crippen LogP contribution in [-0.2, 0) is 6.42 Å². The lowest BCUT2D eigenvalue weighted by Gasteiger charge is -2.09. The Labute approximate surface area is 84.7 Å². The van der Waals surface area contributed by atoms with Gasteiger partial charge in [0.1, 0.15) is 5.75 Å². The molecule has 0 radical (unpaired) electrons. The van der Waals surface area contributed by atoms with Crippen molar-refractivity contribution in [2.45, 2.75) is 12.5 Å². The van der Waals surface area contributed by atoms with Gasteiger partial charge in [-0.25, -0.2) is 0 Å². The maximum atomic E-state index is 9.54. The molecule has 0 aliphatic rings. The second-order valence-corrected chi connectivity index (χ2v) is 3.26. The fourth-order valence-electron chi connectivity index (χ4n) is 1.34. The zero-order valence-corrected chi connectivity index (χ0v) is 8.66. The second-order valence-electron chi connectivity index (χ2n) is 3.26. The van der Waals surface area contributed by atoms with Crippen LogP contribution in [0.25, 0.3) is 0 Å². The SMILES string of the molecule is CNCC(O)Cc1ccc(OC)cc1. The van der Waals surface area contributed by atoms with Gasteiger partial charge in [-0.3, -0.25) is 0 Å². The van der Waals surface area contributed by atoms with Crippen LogP contribution in [0, 0.1) is 0 Å². The number of likely N-dealkylation sites (N-methyl/N-ethyl adjacent to an activating group) is 1. The molecule has 1 aromatic carbocycles. The van der Waals surface area contributed by atoms with Gasteiger partial charge in [0.25, 0.3) is 0 Å². The van der Waals surface area contributed by atoms with E-state index in [0.29, 0.717) is 13.0 Å². The molecule has 0 spiro atoms. The fraction of sp³-hybridized carbons (Fsp3) is 0.455. The summed E-state index contributed by atoms with van der Waals surface area (Å²) < 4.78 is 5.05. The van der Waals surface area contributed by atoms with Crippen molar-refractivity contribution in [1.82, 2.24) is 5.32 Å². The Morgan fingerprint density at radius 3 is 2.50 bits per heavy atom. The number of nitrogens with one attached hydrogen (secondary N) is 1. The molecule has 3 heteroatoms. The number of ether oxygens (including phenoxy) is 1. The first kappa shape index (κ1) is 11.0. The third-order valence-electron chi connectivity index (χ3n) is 2.07. The number of hydrogen-bond acceptors (Lipinski definition) is 3. The number of hydrogen-bond donors (Lipinski definition) is 2. The van der Waals surface area contributed by atoms with Crippen molar-refractivity contribution < 1.29 is 9.84 Å². The van der Waals surface area contributed by atoms with Gasteiger partial charge in [-0.2, -0.15) is 0 Å². The summed E-state index contributed by atoms with van der Waals surface area (Å²) in [5.74, 6) is 0.844. The van der Waals surface area contributed by atoms with Crippen molar-refractivity contribution in [2.24, 2.45) is 0 Å². The van der Waals surface area contributed by atoms with Crippen LogP contribution in [-0.4, -0.2) is 31.9 Å². The largest absolute Gasteiger partial charge is 0.497 e. The van der Waals surface area contributed by atoms with E-state index in [4.69, 9.17) is 4.74 Å². The molecule has 1 atom stereocenters. The van der Waals surface area contributed by atoms with Crippen LogP contribution in [0.1, 0.15) is 5.56 Å². The Kier molecular flexibility index (Phi) is 4.43. The number of benzene rings is 1. The van der Waals surface area contributed by atoms with Crippen LogP contribution in [0.3, 0.4) is 0 Å². The van der Waals surface area contributed by atoms with E-state index in [-0.39, 0.29) is 6.10 Å². The molecule has 0 aliphatic heterocycles. The average Bonchev–Trinajstić information content (AvgIpc) is 2.19. The van der Waals surface area contributed by atoms with Gasteiger partial charge in [-0.15, -0.1) is 0 Å². The maximum Gasteiger partial charge on any atom is 0.118 e. The van der Waals surface area contributed by atoms with E-state index >= 15 is 0 Å². The molecule has 0 fully saturated rings. The predicted molar refractivity (Wildman–Crippen MR) is 56.6 cm³/mol. The highest BCUT2D eigenvalue weighted by Gasteiger charge is 2.03. The van der Waals surface area contributed by atoms with Gasteiger partial charge >= 0.3 is 0 Å². The molecule has 1 rings (SSSR count). The smallest absolute Gasteiger partial charge is 0.118 e. The van der Waals surface area contributed by atoms with E-state index < -0.39 is 0 Å². The number of aliphatic hydroxyl groups is 1. The summed E-state index contributed by atoms with van der Waals surface area (Å²) in [6.07, 6.45) is 0.346. The van der Waals surface area contributed by atoms with Gasteiger partial charge in [0.05, 0.1) is 13.2 Å². The Balaban J connectivity index is 2.50. The van der Waals surface area contributed by atoms with Crippen molar-refractivity contribution in [3.05, 3.63) is 29.8 Å². The molecule has 3 nitrogen and oxygen atoms in total. The van der Waals surface area contributed by atoms with Gasteiger partial charge in [0.2, 0.25) is 0 Å². The molecule has 0 aromatic heterocycles. The zero-order valence-electron chi connectivity index (χ0n) is 8.66. The summed E-state index contributed by atoms with van der Waals surface area (Å²) in [5, 5.41) is 12.5. The third-order valence-corrected chi connectivity index (χ3v) is 2.07. The first-order valence-corrected chi connectivity index (χ1v) is 4.72. The topological polar surface area (TPSA) is 41.5 Å². The van der Waals surface area contributed by atoms with E-state index in [1.54, 1.807) is 7.11 Å². The summed E-state index contributed by atoms with van der Waals surface area (Å²) in [4.78, 5) is 0. The van der Waals surface area contributed by atoms with Gasteiger partial charge in [0, 0.05) is 6.54 Å². The summed E-state index contributed by atoms with van der Waals surface area (Å²) in [6, 6.07) is 7.75. The van der Waals surface area contributed by atoms with Crippen LogP contribution >= 0.6 is 0 Å². The third kappa shape index (κ3) is 3.36. The van der Waals surface area contributed by atoms with Crippen molar-refractivity contribution in [3.8, 4) is 5.75 Å². The van der Waals surface area contributed by atoms with Gasteiger partial charge in [-0.05, 0) is 31.2 Å². The van der Waals surface area contributed by atoms with Crippen LogP contribution in [0.4, 0.5) is 0 Å². The molecule has 0 bridgehead atoms. The van der Waals surface area contributed by atoms with E-state index in [2.05, 4.69) is 5.32 Å². The highest BCUT2D eigenvalue weighted by molar-refractivity contribution is 5.27. The van der Waals surface area contributed by atoms with E-state index in [0.717, 1.165) is 11.3 Å². The average molecular weight is 195 g/mol. The predicted octanol–water partition coefficient (Wildman–Crippen LogP) is 0.818. The van der Waals surface area contributed by atoms with Gasteiger partial charge < -0.3 is 15.2 Å². The monoisotopic (exact) mass is 195 g/mol. The van der Waals surface area contributed by atoms with Crippen molar-refractivity contribution >= 4 is 0 Å². The zero-order chi connectivity index (χ0) is 10.4. The van der Waals surface area contributed by atoms with Crippen LogP contribution in [0.15, 0.2) is 24.3 Å². The quantitative estimate of drug-likeness (QED) is 0.731. The maximum absolute atomic E-state index is 9.54. The minimum absolute atomic E-state index is 0.326. The fourth-order valence-corrected chi connectivity index (χ4v) is 1.34. The molecular formula is C11H17NO2. The Morgan fingerprint density at radius 2 is 2.00 bits per heavy atom. The standard InChI is InChI=1S/C11H17NO2/c1-12-8-10(13)7-9-3-5-11(14-2)6-4-9/h3-6,10,12-13H,7-8H2,1-2H3. The van der Waals surface area contributed by atoms with Gasteiger partial charge in [-0.1, -0.05) is 12.1 Å². The Bertz CT molecular complexity index is 258. The Morgan fingerprint density at radius 1 is 1.36 bits per heavy atom. The van der Waals surface area contributed by atoms with E-state index in [9.17, 15) is 5.11 Å². The highest BCUT2D eigenvalue weighted by Crippen LogP contribution is 2.12. The molecule has 2 N–H and O–H groups in total. The first-order valence-electron chi connectivity index (χ1n) is 4.72. The Hall–Kier alpha value is -1.06. The summed E-state index contributed by atoms with van der Waals surface area (Å²) in [6.45, 7) is 0.617. The van der Waals surface area contributed by atoms with Crippen LogP contribution in [0.5, 0.6) is 5.75 Å². The van der Waals surface area contributed by atoms with Gasteiger partial charge in [0.15, 0.2) is 0 Å². The molecule has 0 saturated heterocycles. The summed E-state index contributed by atoms with van der Waals surface area (Å²) >= 11 is 0. The molecule has 0 aliphatic carbocycles. The van der Waals surface area contributed by atoms with Crippen molar-refractivity contribution in [2.75, 3.05) is 20.7 Å².